The lowest BCUT2D eigenvalue weighted by molar-refractivity contribution is 0.102. The van der Waals surface area contributed by atoms with E-state index in [1.807, 2.05) is 43.5 Å². The molecule has 0 aliphatic heterocycles. The molecule has 4 rings (SSSR count). The van der Waals surface area contributed by atoms with Gasteiger partial charge in [0.2, 0.25) is 0 Å². The first-order chi connectivity index (χ1) is 11.1. The van der Waals surface area contributed by atoms with Gasteiger partial charge in [0, 0.05) is 16.7 Å². The van der Waals surface area contributed by atoms with Gasteiger partial charge in [0.25, 0.3) is 5.91 Å². The van der Waals surface area contributed by atoms with E-state index >= 15 is 0 Å². The summed E-state index contributed by atoms with van der Waals surface area (Å²) in [5.41, 5.74) is 4.51. The number of carbonyl (C=O) groups excluding carboxylic acids is 1. The van der Waals surface area contributed by atoms with Crippen molar-refractivity contribution in [1.82, 2.24) is 9.97 Å². The van der Waals surface area contributed by atoms with Gasteiger partial charge >= 0.3 is 0 Å². The maximum atomic E-state index is 12.6. The van der Waals surface area contributed by atoms with E-state index in [1.165, 1.54) is 24.2 Å². The quantitative estimate of drug-likeness (QED) is 0.775. The van der Waals surface area contributed by atoms with Crippen molar-refractivity contribution in [2.75, 3.05) is 5.32 Å². The molecule has 0 spiro atoms. The van der Waals surface area contributed by atoms with Crippen molar-refractivity contribution in [3.63, 3.8) is 0 Å². The molecular weight excluding hydrogens is 306 g/mol. The summed E-state index contributed by atoms with van der Waals surface area (Å²) < 4.78 is 0. The Morgan fingerprint density at radius 3 is 2.83 bits per heavy atom. The number of hydrogen-bond acceptors (Lipinski definition) is 4. The largest absolute Gasteiger partial charge is 0.298 e. The van der Waals surface area contributed by atoms with Crippen LogP contribution >= 0.6 is 11.3 Å². The van der Waals surface area contributed by atoms with Gasteiger partial charge < -0.3 is 0 Å². The molecule has 1 aromatic carbocycles. The van der Waals surface area contributed by atoms with Crippen LogP contribution in [0.25, 0.3) is 10.9 Å². The van der Waals surface area contributed by atoms with Crippen LogP contribution in [0.2, 0.25) is 0 Å². The topological polar surface area (TPSA) is 54.9 Å². The number of hydrogen-bond donors (Lipinski definition) is 1. The van der Waals surface area contributed by atoms with Gasteiger partial charge in [0.05, 0.1) is 22.5 Å². The molecule has 1 aliphatic carbocycles. The Morgan fingerprint density at radius 1 is 1.22 bits per heavy atom. The molecule has 0 saturated heterocycles. The van der Waals surface area contributed by atoms with Crippen LogP contribution in [0.15, 0.2) is 29.6 Å². The van der Waals surface area contributed by atoms with E-state index in [4.69, 9.17) is 0 Å². The predicted octanol–water partition coefficient (Wildman–Crippen LogP) is 4.44. The lowest BCUT2D eigenvalue weighted by Gasteiger charge is -2.07. The Balaban J connectivity index is 1.63. The van der Waals surface area contributed by atoms with Crippen LogP contribution < -0.4 is 5.32 Å². The number of pyridine rings is 1. The number of aryl methyl sites for hydroxylation is 2. The second-order valence-corrected chi connectivity index (χ2v) is 6.98. The number of carbonyl (C=O) groups is 1. The van der Waals surface area contributed by atoms with Crippen LogP contribution in [-0.4, -0.2) is 15.9 Å². The minimum Gasteiger partial charge on any atom is -0.298 e. The van der Waals surface area contributed by atoms with Crippen molar-refractivity contribution < 1.29 is 4.79 Å². The van der Waals surface area contributed by atoms with Gasteiger partial charge in [-0.3, -0.25) is 15.1 Å². The van der Waals surface area contributed by atoms with E-state index in [-0.39, 0.29) is 5.91 Å². The maximum absolute atomic E-state index is 12.6. The zero-order chi connectivity index (χ0) is 16.0. The van der Waals surface area contributed by atoms with E-state index in [0.717, 1.165) is 27.9 Å². The second kappa shape index (κ2) is 5.42. The summed E-state index contributed by atoms with van der Waals surface area (Å²) in [7, 11) is 0. The third-order valence-corrected chi connectivity index (χ3v) is 4.92. The number of anilines is 1. The highest BCUT2D eigenvalue weighted by Crippen LogP contribution is 2.40. The number of fused-ring (bicyclic) bond motifs is 1. The van der Waals surface area contributed by atoms with Gasteiger partial charge in [-0.05, 0) is 44.9 Å². The van der Waals surface area contributed by atoms with Crippen molar-refractivity contribution in [3.8, 4) is 0 Å². The summed E-state index contributed by atoms with van der Waals surface area (Å²) in [6.45, 7) is 3.90. The van der Waals surface area contributed by atoms with Crippen LogP contribution in [0.5, 0.6) is 0 Å². The lowest BCUT2D eigenvalue weighted by Crippen LogP contribution is -2.14. The molecule has 5 heteroatoms. The number of nitrogens with zero attached hydrogens (tertiary/aromatic N) is 2. The Labute approximate surface area is 138 Å². The fraction of sp³-hybridized carbons (Fsp3) is 0.278. The third kappa shape index (κ3) is 2.84. The Hall–Kier alpha value is -2.27. The smallest absolute Gasteiger partial charge is 0.259 e. The molecular formula is C18H17N3OS. The van der Waals surface area contributed by atoms with Crippen LogP contribution in [-0.2, 0) is 0 Å². The van der Waals surface area contributed by atoms with Crippen molar-refractivity contribution >= 4 is 33.3 Å². The van der Waals surface area contributed by atoms with Crippen LogP contribution in [0.4, 0.5) is 5.13 Å². The fourth-order valence-electron chi connectivity index (χ4n) is 2.70. The zero-order valence-corrected chi connectivity index (χ0v) is 13.9. The first-order valence-electron chi connectivity index (χ1n) is 7.75. The molecule has 116 valence electrons. The van der Waals surface area contributed by atoms with Gasteiger partial charge in [-0.1, -0.05) is 11.6 Å². The Morgan fingerprint density at radius 2 is 2.04 bits per heavy atom. The van der Waals surface area contributed by atoms with Gasteiger partial charge in [0.1, 0.15) is 0 Å². The summed E-state index contributed by atoms with van der Waals surface area (Å²) in [6.07, 6.45) is 2.42. The number of benzene rings is 1. The summed E-state index contributed by atoms with van der Waals surface area (Å²) in [5, 5.41) is 6.61. The number of aromatic nitrogens is 2. The summed E-state index contributed by atoms with van der Waals surface area (Å²) in [5.74, 6) is 0.457. The van der Waals surface area contributed by atoms with E-state index in [9.17, 15) is 4.79 Å². The van der Waals surface area contributed by atoms with Crippen LogP contribution in [0, 0.1) is 13.8 Å². The third-order valence-electron chi connectivity index (χ3n) is 4.14. The Bertz CT molecular complexity index is 912. The number of rotatable bonds is 3. The molecule has 2 aromatic heterocycles. The maximum Gasteiger partial charge on any atom is 0.259 e. The van der Waals surface area contributed by atoms with Crippen molar-refractivity contribution in [1.29, 1.82) is 0 Å². The monoisotopic (exact) mass is 323 g/mol. The highest BCUT2D eigenvalue weighted by atomic mass is 32.1. The van der Waals surface area contributed by atoms with E-state index < -0.39 is 0 Å². The number of amides is 1. The second-order valence-electron chi connectivity index (χ2n) is 6.12. The molecule has 1 aliphatic rings. The molecule has 0 radical (unpaired) electrons. The predicted molar refractivity (Wildman–Crippen MR) is 93.3 cm³/mol. The standard InChI is InChI=1S/C18H17N3OS/c1-10-3-6-15-13(7-10)8-14(11(2)19-15)17(22)21-18-20-16(9-23-18)12-4-5-12/h3,6-9,12H,4-5H2,1-2H3,(H,20,21,22). The minimum absolute atomic E-state index is 0.143. The molecule has 23 heavy (non-hydrogen) atoms. The number of nitrogens with one attached hydrogen (secondary N) is 1. The van der Waals surface area contributed by atoms with Gasteiger partial charge in [-0.25, -0.2) is 4.98 Å². The lowest BCUT2D eigenvalue weighted by atomic mass is 10.1. The molecule has 1 N–H and O–H groups in total. The molecule has 1 amide bonds. The Kier molecular flexibility index (Phi) is 3.38. The van der Waals surface area contributed by atoms with E-state index in [1.54, 1.807) is 0 Å². The van der Waals surface area contributed by atoms with E-state index in [0.29, 0.717) is 16.6 Å². The SMILES string of the molecule is Cc1ccc2nc(C)c(C(=O)Nc3nc(C4CC4)cs3)cc2c1. The van der Waals surface area contributed by atoms with Crippen molar-refractivity contribution in [2.24, 2.45) is 0 Å². The highest BCUT2D eigenvalue weighted by molar-refractivity contribution is 7.14. The van der Waals surface area contributed by atoms with Crippen molar-refractivity contribution in [2.45, 2.75) is 32.6 Å². The fourth-order valence-corrected chi connectivity index (χ4v) is 3.48. The molecule has 1 saturated carbocycles. The summed E-state index contributed by atoms with van der Waals surface area (Å²) in [6, 6.07) is 7.98. The zero-order valence-electron chi connectivity index (χ0n) is 13.1. The molecule has 0 unspecified atom stereocenters. The first kappa shape index (κ1) is 14.3. The van der Waals surface area contributed by atoms with Crippen LogP contribution in [0.3, 0.4) is 0 Å². The van der Waals surface area contributed by atoms with E-state index in [2.05, 4.69) is 15.3 Å². The molecule has 3 aromatic rings. The van der Waals surface area contributed by atoms with Crippen molar-refractivity contribution in [3.05, 3.63) is 52.2 Å². The van der Waals surface area contributed by atoms with Gasteiger partial charge in [0.15, 0.2) is 5.13 Å². The summed E-state index contributed by atoms with van der Waals surface area (Å²) >= 11 is 1.49. The summed E-state index contributed by atoms with van der Waals surface area (Å²) in [4.78, 5) is 21.6. The average molecular weight is 323 g/mol. The number of thiazole rings is 1. The average Bonchev–Trinajstić information content (AvgIpc) is 3.27. The first-order valence-corrected chi connectivity index (χ1v) is 8.63. The highest BCUT2D eigenvalue weighted by Gasteiger charge is 2.26. The normalized spacial score (nSPS) is 14.2. The molecule has 2 heterocycles. The minimum atomic E-state index is -0.143. The molecule has 1 fully saturated rings. The molecule has 4 nitrogen and oxygen atoms in total. The molecule has 0 atom stereocenters. The molecule has 0 bridgehead atoms. The van der Waals surface area contributed by atoms with Crippen LogP contribution in [0.1, 0.15) is 46.1 Å². The van der Waals surface area contributed by atoms with Gasteiger partial charge in [-0.15, -0.1) is 11.3 Å². The van der Waals surface area contributed by atoms with Gasteiger partial charge in [-0.2, -0.15) is 0 Å².